The summed E-state index contributed by atoms with van der Waals surface area (Å²) in [6, 6.07) is 4.11. The van der Waals surface area contributed by atoms with Crippen LogP contribution in [0.15, 0.2) is 17.5 Å². The first-order chi connectivity index (χ1) is 12.1. The van der Waals surface area contributed by atoms with Crippen molar-refractivity contribution in [2.45, 2.75) is 38.1 Å². The van der Waals surface area contributed by atoms with Gasteiger partial charge in [-0.25, -0.2) is 8.42 Å². The van der Waals surface area contributed by atoms with Crippen LogP contribution in [-0.2, 0) is 21.2 Å². The summed E-state index contributed by atoms with van der Waals surface area (Å²) in [7, 11) is -3.30. The van der Waals surface area contributed by atoms with Crippen molar-refractivity contribution < 1.29 is 13.2 Å². The minimum absolute atomic E-state index is 0.0275. The number of piperazine rings is 1. The second-order valence-electron chi connectivity index (χ2n) is 6.75. The highest BCUT2D eigenvalue weighted by molar-refractivity contribution is 7.89. The normalized spacial score (nSPS) is 20.0. The molecule has 2 heterocycles. The number of thiophene rings is 1. The second kappa shape index (κ2) is 8.62. The predicted molar refractivity (Wildman–Crippen MR) is 100 cm³/mol. The highest BCUT2D eigenvalue weighted by Gasteiger charge is 2.30. The Morgan fingerprint density at radius 1 is 1.28 bits per heavy atom. The van der Waals surface area contributed by atoms with Crippen LogP contribution in [0.3, 0.4) is 0 Å². The number of sulfonamides is 1. The molecule has 1 aliphatic carbocycles. The molecule has 8 heteroatoms. The maximum Gasteiger partial charge on any atom is 0.228 e. The molecule has 0 unspecified atom stereocenters. The van der Waals surface area contributed by atoms with Crippen molar-refractivity contribution in [1.29, 1.82) is 0 Å². The van der Waals surface area contributed by atoms with E-state index in [1.807, 2.05) is 22.4 Å². The molecule has 0 radical (unpaired) electrons. The van der Waals surface area contributed by atoms with Crippen molar-refractivity contribution in [2.24, 2.45) is 0 Å². The zero-order chi connectivity index (χ0) is 17.7. The molecule has 2 aliphatic rings. The third kappa shape index (κ3) is 5.03. The molecular weight excluding hydrogens is 358 g/mol. The lowest BCUT2D eigenvalue weighted by Gasteiger charge is -2.31. The number of hydrogen-bond acceptors (Lipinski definition) is 5. The van der Waals surface area contributed by atoms with Crippen LogP contribution >= 0.6 is 11.3 Å². The third-order valence-electron chi connectivity index (χ3n) is 5.05. The quantitative estimate of drug-likeness (QED) is 0.768. The Labute approximate surface area is 154 Å². The molecule has 1 aromatic heterocycles. The van der Waals surface area contributed by atoms with Crippen molar-refractivity contribution in [3.8, 4) is 0 Å². The molecule has 0 aromatic carbocycles. The van der Waals surface area contributed by atoms with E-state index in [9.17, 15) is 13.2 Å². The van der Waals surface area contributed by atoms with E-state index in [-0.39, 0.29) is 17.7 Å². The van der Waals surface area contributed by atoms with Crippen LogP contribution in [0.1, 0.15) is 30.6 Å². The molecular formula is C17H27N3O3S2. The summed E-state index contributed by atoms with van der Waals surface area (Å²) in [4.78, 5) is 15.7. The van der Waals surface area contributed by atoms with Gasteiger partial charge in [-0.05, 0) is 24.3 Å². The summed E-state index contributed by atoms with van der Waals surface area (Å²) in [5.74, 6) is 0.0875. The minimum atomic E-state index is -3.30. The molecule has 0 atom stereocenters. The van der Waals surface area contributed by atoms with E-state index in [0.29, 0.717) is 39.1 Å². The number of nitrogens with zero attached hydrogens (tertiary/aromatic N) is 2. The lowest BCUT2D eigenvalue weighted by Crippen LogP contribution is -2.49. The average molecular weight is 386 g/mol. The number of carbonyl (C=O) groups is 1. The molecule has 1 saturated heterocycles. The highest BCUT2D eigenvalue weighted by atomic mass is 32.2. The summed E-state index contributed by atoms with van der Waals surface area (Å²) < 4.78 is 26.8. The predicted octanol–water partition coefficient (Wildman–Crippen LogP) is 1.30. The SMILES string of the molecule is O=C(Cc1cccs1)N(CCS(=O)(=O)N1CCNCC1)C1CCCC1. The molecule has 3 rings (SSSR count). The van der Waals surface area contributed by atoms with Gasteiger partial charge in [-0.2, -0.15) is 4.31 Å². The zero-order valence-electron chi connectivity index (χ0n) is 14.5. The molecule has 1 amide bonds. The Bertz CT molecular complexity index is 649. The van der Waals surface area contributed by atoms with Crippen LogP contribution in [0.5, 0.6) is 0 Å². The maximum absolute atomic E-state index is 12.8. The average Bonchev–Trinajstić information content (AvgIpc) is 3.30. The van der Waals surface area contributed by atoms with Gasteiger partial charge in [0.1, 0.15) is 0 Å². The van der Waals surface area contributed by atoms with Crippen LogP contribution in [0.4, 0.5) is 0 Å². The Morgan fingerprint density at radius 3 is 2.64 bits per heavy atom. The van der Waals surface area contributed by atoms with Crippen LogP contribution in [0.25, 0.3) is 0 Å². The Hall–Kier alpha value is -0.960. The number of rotatable bonds is 7. The van der Waals surface area contributed by atoms with Crippen LogP contribution in [0, 0.1) is 0 Å². The van der Waals surface area contributed by atoms with E-state index in [0.717, 1.165) is 30.6 Å². The summed E-state index contributed by atoms with van der Waals surface area (Å²) in [6.07, 6.45) is 4.60. The summed E-state index contributed by atoms with van der Waals surface area (Å²) in [5.41, 5.74) is 0. The van der Waals surface area contributed by atoms with Gasteiger partial charge in [0.2, 0.25) is 15.9 Å². The first-order valence-electron chi connectivity index (χ1n) is 9.07. The highest BCUT2D eigenvalue weighted by Crippen LogP contribution is 2.25. The van der Waals surface area contributed by atoms with E-state index in [4.69, 9.17) is 0 Å². The first-order valence-corrected chi connectivity index (χ1v) is 11.6. The topological polar surface area (TPSA) is 69.7 Å². The molecule has 1 saturated carbocycles. The fraction of sp³-hybridized carbons (Fsp3) is 0.706. The van der Waals surface area contributed by atoms with E-state index < -0.39 is 10.0 Å². The van der Waals surface area contributed by atoms with E-state index in [1.165, 1.54) is 0 Å². The summed E-state index contributed by atoms with van der Waals surface area (Å²) >= 11 is 1.58. The molecule has 1 aliphatic heterocycles. The first kappa shape index (κ1) is 18.8. The molecule has 0 spiro atoms. The molecule has 2 fully saturated rings. The van der Waals surface area contributed by atoms with E-state index >= 15 is 0 Å². The van der Waals surface area contributed by atoms with E-state index in [1.54, 1.807) is 15.6 Å². The van der Waals surface area contributed by atoms with Gasteiger partial charge in [-0.1, -0.05) is 18.9 Å². The van der Waals surface area contributed by atoms with Gasteiger partial charge in [0.25, 0.3) is 0 Å². The Morgan fingerprint density at radius 2 is 2.00 bits per heavy atom. The van der Waals surface area contributed by atoms with Crippen molar-refractivity contribution in [2.75, 3.05) is 38.5 Å². The van der Waals surface area contributed by atoms with Crippen LogP contribution in [-0.4, -0.2) is 68.0 Å². The number of carbonyl (C=O) groups excluding carboxylic acids is 1. The molecule has 25 heavy (non-hydrogen) atoms. The monoisotopic (exact) mass is 385 g/mol. The molecule has 140 valence electrons. The van der Waals surface area contributed by atoms with Gasteiger partial charge in [0.15, 0.2) is 0 Å². The van der Waals surface area contributed by atoms with Gasteiger partial charge in [-0.15, -0.1) is 11.3 Å². The summed E-state index contributed by atoms with van der Waals surface area (Å²) in [5, 5.41) is 5.14. The second-order valence-corrected chi connectivity index (χ2v) is 9.87. The minimum Gasteiger partial charge on any atom is -0.338 e. The fourth-order valence-corrected chi connectivity index (χ4v) is 5.78. The molecule has 0 bridgehead atoms. The fourth-order valence-electron chi connectivity index (χ4n) is 3.66. The number of nitrogens with one attached hydrogen (secondary N) is 1. The smallest absolute Gasteiger partial charge is 0.228 e. The van der Waals surface area contributed by atoms with Gasteiger partial charge in [-0.3, -0.25) is 4.79 Å². The lowest BCUT2D eigenvalue weighted by molar-refractivity contribution is -0.132. The van der Waals surface area contributed by atoms with Gasteiger partial charge >= 0.3 is 0 Å². The largest absolute Gasteiger partial charge is 0.338 e. The van der Waals surface area contributed by atoms with Crippen LogP contribution < -0.4 is 5.32 Å². The van der Waals surface area contributed by atoms with E-state index in [2.05, 4.69) is 5.32 Å². The van der Waals surface area contributed by atoms with Gasteiger partial charge < -0.3 is 10.2 Å². The Kier molecular flexibility index (Phi) is 6.49. The zero-order valence-corrected chi connectivity index (χ0v) is 16.2. The molecule has 6 nitrogen and oxygen atoms in total. The molecule has 1 aromatic rings. The maximum atomic E-state index is 12.8. The van der Waals surface area contributed by atoms with Crippen molar-refractivity contribution in [3.05, 3.63) is 22.4 Å². The standard InChI is InChI=1S/C17H27N3O3S2/c21-17(14-16-6-3-12-24-16)20(15-4-1-2-5-15)11-13-25(22,23)19-9-7-18-8-10-19/h3,6,12,15,18H,1-2,4-5,7-11,13-14H2. The third-order valence-corrected chi connectivity index (χ3v) is 7.78. The van der Waals surface area contributed by atoms with Crippen molar-refractivity contribution in [3.63, 3.8) is 0 Å². The Balaban J connectivity index is 1.63. The summed E-state index contributed by atoms with van der Waals surface area (Å²) in [6.45, 7) is 2.75. The van der Waals surface area contributed by atoms with Crippen molar-refractivity contribution in [1.82, 2.24) is 14.5 Å². The number of hydrogen-bond donors (Lipinski definition) is 1. The number of amides is 1. The van der Waals surface area contributed by atoms with Crippen molar-refractivity contribution >= 4 is 27.3 Å². The van der Waals surface area contributed by atoms with Gasteiger partial charge in [0, 0.05) is 43.6 Å². The van der Waals surface area contributed by atoms with Crippen LogP contribution in [0.2, 0.25) is 0 Å². The lowest BCUT2D eigenvalue weighted by atomic mass is 10.2. The van der Waals surface area contributed by atoms with Gasteiger partial charge in [0.05, 0.1) is 12.2 Å². The molecule has 1 N–H and O–H groups in total.